The molecule has 0 fully saturated rings. The van der Waals surface area contributed by atoms with Crippen molar-refractivity contribution < 1.29 is 13.2 Å². The van der Waals surface area contributed by atoms with Gasteiger partial charge in [0.05, 0.1) is 18.3 Å². The summed E-state index contributed by atoms with van der Waals surface area (Å²) in [4.78, 5) is 7.73. The lowest BCUT2D eigenvalue weighted by atomic mass is 10.0. The number of alkyl halides is 3. The van der Waals surface area contributed by atoms with E-state index in [1.807, 2.05) is 0 Å². The fourth-order valence-corrected chi connectivity index (χ4v) is 2.06. The van der Waals surface area contributed by atoms with Crippen LogP contribution in [0.4, 0.5) is 13.2 Å². The Kier molecular flexibility index (Phi) is 4.96. The third-order valence-electron chi connectivity index (χ3n) is 2.88. The molecule has 1 unspecified atom stereocenters. The van der Waals surface area contributed by atoms with E-state index in [1.165, 1.54) is 30.5 Å². The first-order valence-electron chi connectivity index (χ1n) is 6.18. The molecule has 2 aromatic rings. The normalized spacial score (nSPS) is 12.7. The summed E-state index contributed by atoms with van der Waals surface area (Å²) in [7, 11) is 0. The Labute approximate surface area is 129 Å². The molecule has 1 aromatic carbocycles. The van der Waals surface area contributed by atoms with Crippen molar-refractivity contribution in [1.29, 1.82) is 5.26 Å². The minimum Gasteiger partial charge on any atom is -0.290 e. The highest BCUT2D eigenvalue weighted by molar-refractivity contribution is 6.28. The van der Waals surface area contributed by atoms with E-state index in [1.54, 1.807) is 12.1 Å². The lowest BCUT2D eigenvalue weighted by molar-refractivity contribution is -0.157. The molecule has 0 bridgehead atoms. The Morgan fingerprint density at radius 2 is 1.91 bits per heavy atom. The average Bonchev–Trinajstić information content (AvgIpc) is 2.47. The van der Waals surface area contributed by atoms with Gasteiger partial charge in [-0.2, -0.15) is 18.4 Å². The van der Waals surface area contributed by atoms with Gasteiger partial charge in [-0.3, -0.25) is 5.32 Å². The lowest BCUT2D eigenvalue weighted by Gasteiger charge is -2.21. The Morgan fingerprint density at radius 1 is 1.23 bits per heavy atom. The van der Waals surface area contributed by atoms with Gasteiger partial charge in [-0.05, 0) is 23.2 Å². The Balaban J connectivity index is 2.28. The second-order valence-electron chi connectivity index (χ2n) is 4.35. The molecule has 2 rings (SSSR count). The van der Waals surface area contributed by atoms with Crippen LogP contribution in [0, 0.1) is 11.3 Å². The van der Waals surface area contributed by atoms with E-state index in [0.29, 0.717) is 11.3 Å². The average molecular weight is 327 g/mol. The number of rotatable bonds is 4. The number of nitrogens with one attached hydrogen (secondary N) is 1. The van der Waals surface area contributed by atoms with Crippen LogP contribution in [-0.4, -0.2) is 22.7 Å². The third-order valence-corrected chi connectivity index (χ3v) is 3.06. The van der Waals surface area contributed by atoms with E-state index >= 15 is 0 Å². The molecule has 0 saturated carbocycles. The Morgan fingerprint density at radius 3 is 2.45 bits per heavy atom. The quantitative estimate of drug-likeness (QED) is 0.690. The van der Waals surface area contributed by atoms with E-state index in [-0.39, 0.29) is 10.8 Å². The first-order chi connectivity index (χ1) is 10.4. The molecule has 0 amide bonds. The van der Waals surface area contributed by atoms with Gasteiger partial charge in [-0.15, -0.1) is 0 Å². The monoisotopic (exact) mass is 326 g/mol. The van der Waals surface area contributed by atoms with E-state index in [9.17, 15) is 13.2 Å². The summed E-state index contributed by atoms with van der Waals surface area (Å²) in [5, 5.41) is 10.7. The molecule has 1 heterocycles. The summed E-state index contributed by atoms with van der Waals surface area (Å²) in [6.45, 7) is -0.395. The molecule has 0 spiro atoms. The van der Waals surface area contributed by atoms with Crippen LogP contribution >= 0.6 is 11.6 Å². The molecule has 0 aliphatic heterocycles. The molecular formula is C14H10ClF3N4. The van der Waals surface area contributed by atoms with Crippen LogP contribution < -0.4 is 5.32 Å². The van der Waals surface area contributed by atoms with Crippen LogP contribution in [0.5, 0.6) is 0 Å². The van der Waals surface area contributed by atoms with Crippen molar-refractivity contribution in [1.82, 2.24) is 15.3 Å². The second kappa shape index (κ2) is 6.73. The highest BCUT2D eigenvalue weighted by Crippen LogP contribution is 2.33. The third kappa shape index (κ3) is 3.93. The van der Waals surface area contributed by atoms with Gasteiger partial charge in [0, 0.05) is 11.8 Å². The van der Waals surface area contributed by atoms with E-state index < -0.39 is 18.8 Å². The number of halogens is 4. The maximum Gasteiger partial charge on any atom is 0.407 e. The Bertz CT molecular complexity index is 680. The fraction of sp³-hybridized carbons (Fsp3) is 0.214. The minimum atomic E-state index is -4.49. The highest BCUT2D eigenvalue weighted by atomic mass is 35.5. The van der Waals surface area contributed by atoms with Gasteiger partial charge >= 0.3 is 6.18 Å². The van der Waals surface area contributed by atoms with Gasteiger partial charge in [-0.25, -0.2) is 9.97 Å². The van der Waals surface area contributed by atoms with Crippen LogP contribution in [-0.2, 0) is 0 Å². The summed E-state index contributed by atoms with van der Waals surface area (Å²) >= 11 is 5.68. The summed E-state index contributed by atoms with van der Waals surface area (Å²) in [6, 6.07) is 7.07. The smallest absolute Gasteiger partial charge is 0.290 e. The zero-order valence-electron chi connectivity index (χ0n) is 11.1. The standard InChI is InChI=1S/C14H10ClF3N4/c15-13-21-7-5-11(22-13)9-1-3-10(4-2-9)12(14(16,17)18)20-8-6-19/h1-5,7,12,20H,8H2. The molecule has 1 N–H and O–H groups in total. The van der Waals surface area contributed by atoms with Crippen LogP contribution in [0.1, 0.15) is 11.6 Å². The van der Waals surface area contributed by atoms with Crippen molar-refractivity contribution in [3.63, 3.8) is 0 Å². The van der Waals surface area contributed by atoms with Crippen molar-refractivity contribution in [3.8, 4) is 17.3 Å². The van der Waals surface area contributed by atoms with Crippen LogP contribution in [0.2, 0.25) is 5.28 Å². The first-order valence-corrected chi connectivity index (χ1v) is 6.55. The molecule has 1 atom stereocenters. The van der Waals surface area contributed by atoms with Gasteiger partial charge in [0.1, 0.15) is 6.04 Å². The van der Waals surface area contributed by atoms with Gasteiger partial charge in [-0.1, -0.05) is 24.3 Å². The molecule has 1 aromatic heterocycles. The summed E-state index contributed by atoms with van der Waals surface area (Å²) in [5.74, 6) is 0. The van der Waals surface area contributed by atoms with Gasteiger partial charge in [0.15, 0.2) is 0 Å². The molecule has 0 saturated heterocycles. The number of benzene rings is 1. The summed E-state index contributed by atoms with van der Waals surface area (Å²) in [5.41, 5.74) is 1.15. The molecule has 114 valence electrons. The van der Waals surface area contributed by atoms with Crippen molar-refractivity contribution in [3.05, 3.63) is 47.4 Å². The van der Waals surface area contributed by atoms with Crippen LogP contribution in [0.25, 0.3) is 11.3 Å². The number of nitrogens with zero attached hydrogens (tertiary/aromatic N) is 3. The lowest BCUT2D eigenvalue weighted by Crippen LogP contribution is -2.34. The number of hydrogen-bond donors (Lipinski definition) is 1. The molecule has 0 aliphatic rings. The maximum atomic E-state index is 13.0. The predicted octanol–water partition coefficient (Wildman–Crippen LogP) is 3.51. The summed E-state index contributed by atoms with van der Waals surface area (Å²) < 4.78 is 39.0. The second-order valence-corrected chi connectivity index (χ2v) is 4.68. The summed E-state index contributed by atoms with van der Waals surface area (Å²) in [6.07, 6.45) is -3.03. The molecule has 0 radical (unpaired) electrons. The largest absolute Gasteiger partial charge is 0.407 e. The molecule has 4 nitrogen and oxygen atoms in total. The minimum absolute atomic E-state index is 0.0200. The Hall–Kier alpha value is -2.17. The SMILES string of the molecule is N#CCNC(c1ccc(-c2ccnc(Cl)n2)cc1)C(F)(F)F. The van der Waals surface area contributed by atoms with Crippen LogP contribution in [0.3, 0.4) is 0 Å². The fourth-order valence-electron chi connectivity index (χ4n) is 1.91. The van der Waals surface area contributed by atoms with Gasteiger partial charge in [0.25, 0.3) is 0 Å². The highest BCUT2D eigenvalue weighted by Gasteiger charge is 2.40. The number of nitriles is 1. The van der Waals surface area contributed by atoms with E-state index in [0.717, 1.165) is 0 Å². The zero-order chi connectivity index (χ0) is 16.2. The van der Waals surface area contributed by atoms with E-state index in [4.69, 9.17) is 16.9 Å². The van der Waals surface area contributed by atoms with Crippen molar-refractivity contribution in [2.75, 3.05) is 6.54 Å². The van der Waals surface area contributed by atoms with Crippen molar-refractivity contribution in [2.45, 2.75) is 12.2 Å². The topological polar surface area (TPSA) is 61.6 Å². The predicted molar refractivity (Wildman–Crippen MR) is 74.9 cm³/mol. The van der Waals surface area contributed by atoms with E-state index in [2.05, 4.69) is 15.3 Å². The number of aromatic nitrogens is 2. The zero-order valence-corrected chi connectivity index (χ0v) is 11.9. The van der Waals surface area contributed by atoms with Crippen molar-refractivity contribution in [2.24, 2.45) is 0 Å². The van der Waals surface area contributed by atoms with Crippen LogP contribution in [0.15, 0.2) is 36.5 Å². The van der Waals surface area contributed by atoms with Crippen molar-refractivity contribution >= 4 is 11.6 Å². The molecular weight excluding hydrogens is 317 g/mol. The first kappa shape index (κ1) is 16.2. The molecule has 8 heteroatoms. The molecule has 0 aliphatic carbocycles. The van der Waals surface area contributed by atoms with Gasteiger partial charge in [0.2, 0.25) is 5.28 Å². The molecule has 22 heavy (non-hydrogen) atoms. The maximum absolute atomic E-state index is 13.0. The number of hydrogen-bond acceptors (Lipinski definition) is 4. The van der Waals surface area contributed by atoms with Gasteiger partial charge < -0.3 is 0 Å².